The normalized spacial score (nSPS) is 18.4. The second kappa shape index (κ2) is 7.21. The average molecular weight is 294 g/mol. The van der Waals surface area contributed by atoms with E-state index in [1.165, 1.54) is 0 Å². The molecule has 1 atom stereocenters. The number of carbonyl (C=O) groups is 2. The Labute approximate surface area is 124 Å². The predicted octanol–water partition coefficient (Wildman–Crippen LogP) is -1.98. The van der Waals surface area contributed by atoms with E-state index in [0.717, 1.165) is 35.8 Å². The third-order valence-corrected chi connectivity index (χ3v) is 3.59. The second-order valence-corrected chi connectivity index (χ2v) is 5.56. The first kappa shape index (κ1) is 15.5. The summed E-state index contributed by atoms with van der Waals surface area (Å²) in [5.41, 5.74) is 2.16. The maximum atomic E-state index is 11.8. The van der Waals surface area contributed by atoms with E-state index in [9.17, 15) is 9.59 Å². The minimum Gasteiger partial charge on any atom is -0.351 e. The van der Waals surface area contributed by atoms with Gasteiger partial charge in [0.25, 0.3) is 11.8 Å². The number of nitrogens with one attached hydrogen (secondary N) is 3. The summed E-state index contributed by atoms with van der Waals surface area (Å²) in [6.07, 6.45) is 0.851. The van der Waals surface area contributed by atoms with Crippen molar-refractivity contribution >= 4 is 11.8 Å². The molecule has 1 aliphatic heterocycles. The zero-order chi connectivity index (χ0) is 15.2. The number of hydrogen-bond acceptors (Lipinski definition) is 3. The maximum absolute atomic E-state index is 11.8. The molecular formula is C14H24N5O2+. The molecule has 116 valence electrons. The minimum atomic E-state index is 0.00747. The first-order valence-electron chi connectivity index (χ1n) is 7.42. The summed E-state index contributed by atoms with van der Waals surface area (Å²) in [6, 6.07) is 2.04. The van der Waals surface area contributed by atoms with Crippen LogP contribution < -0.4 is 15.5 Å². The molecule has 2 heterocycles. The van der Waals surface area contributed by atoms with Crippen molar-refractivity contribution in [1.29, 1.82) is 0 Å². The zero-order valence-electron chi connectivity index (χ0n) is 12.7. The highest BCUT2D eigenvalue weighted by molar-refractivity contribution is 5.79. The summed E-state index contributed by atoms with van der Waals surface area (Å²) in [5.74, 6) is 0.0293. The van der Waals surface area contributed by atoms with Gasteiger partial charge < -0.3 is 15.5 Å². The van der Waals surface area contributed by atoms with E-state index in [1.54, 1.807) is 0 Å². The Morgan fingerprint density at radius 3 is 3.00 bits per heavy atom. The number of hydrogen-bond donors (Lipinski definition) is 3. The molecule has 2 amide bonds. The lowest BCUT2D eigenvalue weighted by molar-refractivity contribution is -0.885. The van der Waals surface area contributed by atoms with Crippen molar-refractivity contribution < 1.29 is 14.5 Å². The van der Waals surface area contributed by atoms with E-state index >= 15 is 0 Å². The molecule has 0 saturated carbocycles. The van der Waals surface area contributed by atoms with Crippen LogP contribution in [0.25, 0.3) is 0 Å². The summed E-state index contributed by atoms with van der Waals surface area (Å²) < 4.78 is 1.96. The van der Waals surface area contributed by atoms with Gasteiger partial charge in [-0.2, -0.15) is 5.10 Å². The van der Waals surface area contributed by atoms with Gasteiger partial charge in [-0.05, 0) is 26.3 Å². The number of aromatic nitrogens is 2. The van der Waals surface area contributed by atoms with Gasteiger partial charge in [0, 0.05) is 18.8 Å². The molecule has 1 aromatic heterocycles. The van der Waals surface area contributed by atoms with Crippen LogP contribution in [0, 0.1) is 13.8 Å². The summed E-state index contributed by atoms with van der Waals surface area (Å²) in [7, 11) is 0. The Hall–Kier alpha value is -1.89. The van der Waals surface area contributed by atoms with Gasteiger partial charge >= 0.3 is 0 Å². The van der Waals surface area contributed by atoms with Gasteiger partial charge in [0.2, 0.25) is 0 Å². The van der Waals surface area contributed by atoms with Crippen LogP contribution in [0.3, 0.4) is 0 Å². The number of aryl methyl sites for hydroxylation is 3. The van der Waals surface area contributed by atoms with Crippen molar-refractivity contribution in [3.63, 3.8) is 0 Å². The van der Waals surface area contributed by atoms with Crippen LogP contribution in [0.4, 0.5) is 0 Å². The lowest BCUT2D eigenvalue weighted by atomic mass is 10.3. The standard InChI is InChI=1S/C14H23N5O2/c1-11-8-12(2)19(17-11)6-3-4-15-13(20)9-18-7-5-16-14(21)10-18/h8H,3-7,9-10H2,1-2H3,(H,15,20)(H,16,21)/p+1. The lowest BCUT2D eigenvalue weighted by Crippen LogP contribution is -3.16. The zero-order valence-corrected chi connectivity index (χ0v) is 12.7. The highest BCUT2D eigenvalue weighted by Crippen LogP contribution is 2.01. The fourth-order valence-electron chi connectivity index (χ4n) is 2.56. The lowest BCUT2D eigenvalue weighted by Gasteiger charge is -2.22. The van der Waals surface area contributed by atoms with Crippen molar-refractivity contribution in [2.45, 2.75) is 26.8 Å². The molecule has 0 aromatic carbocycles. The van der Waals surface area contributed by atoms with Gasteiger partial charge in [-0.25, -0.2) is 0 Å². The third kappa shape index (κ3) is 4.86. The maximum Gasteiger partial charge on any atom is 0.275 e. The molecule has 7 nitrogen and oxygen atoms in total. The predicted molar refractivity (Wildman–Crippen MR) is 77.9 cm³/mol. The first-order chi connectivity index (χ1) is 10.0. The Kier molecular flexibility index (Phi) is 5.32. The largest absolute Gasteiger partial charge is 0.351 e. The molecule has 1 saturated heterocycles. The Balaban J connectivity index is 1.63. The minimum absolute atomic E-state index is 0.00747. The molecule has 1 aromatic rings. The van der Waals surface area contributed by atoms with Crippen molar-refractivity contribution in [3.8, 4) is 0 Å². The van der Waals surface area contributed by atoms with Crippen LogP contribution in [0.15, 0.2) is 6.07 Å². The molecule has 0 bridgehead atoms. The number of piperazine rings is 1. The molecule has 0 spiro atoms. The fraction of sp³-hybridized carbons (Fsp3) is 0.643. The quantitative estimate of drug-likeness (QED) is 0.532. The first-order valence-corrected chi connectivity index (χ1v) is 7.42. The number of rotatable bonds is 6. The van der Waals surface area contributed by atoms with Gasteiger partial charge in [0.15, 0.2) is 13.1 Å². The van der Waals surface area contributed by atoms with Crippen molar-refractivity contribution in [3.05, 3.63) is 17.5 Å². The SMILES string of the molecule is Cc1cc(C)n(CCCNC(=O)C[NH+]2CCNC(=O)C2)n1. The van der Waals surface area contributed by atoms with E-state index < -0.39 is 0 Å². The van der Waals surface area contributed by atoms with Crippen LogP contribution in [0.2, 0.25) is 0 Å². The average Bonchev–Trinajstić information content (AvgIpc) is 2.73. The van der Waals surface area contributed by atoms with Crippen molar-refractivity contribution in [2.24, 2.45) is 0 Å². The fourth-order valence-corrected chi connectivity index (χ4v) is 2.56. The van der Waals surface area contributed by atoms with E-state index in [4.69, 9.17) is 0 Å². The molecule has 1 unspecified atom stereocenters. The van der Waals surface area contributed by atoms with Crippen LogP contribution in [-0.4, -0.2) is 54.3 Å². The summed E-state index contributed by atoms with van der Waals surface area (Å²) in [6.45, 7) is 7.67. The topological polar surface area (TPSA) is 80.5 Å². The second-order valence-electron chi connectivity index (χ2n) is 5.56. The highest BCUT2D eigenvalue weighted by Gasteiger charge is 2.21. The molecule has 7 heteroatoms. The van der Waals surface area contributed by atoms with Crippen molar-refractivity contribution in [2.75, 3.05) is 32.7 Å². The summed E-state index contributed by atoms with van der Waals surface area (Å²) in [5, 5.41) is 10.1. The third-order valence-electron chi connectivity index (χ3n) is 3.59. The monoisotopic (exact) mass is 294 g/mol. The molecule has 3 N–H and O–H groups in total. The molecule has 0 radical (unpaired) electrons. The van der Waals surface area contributed by atoms with Crippen LogP contribution in [-0.2, 0) is 16.1 Å². The number of carbonyl (C=O) groups excluding carboxylic acids is 2. The van der Waals surface area contributed by atoms with E-state index in [0.29, 0.717) is 26.2 Å². The Bertz CT molecular complexity index is 511. The van der Waals surface area contributed by atoms with E-state index in [2.05, 4.69) is 15.7 Å². The van der Waals surface area contributed by atoms with Gasteiger partial charge in [0.05, 0.1) is 18.8 Å². The highest BCUT2D eigenvalue weighted by atomic mass is 16.2. The van der Waals surface area contributed by atoms with Crippen LogP contribution in [0.5, 0.6) is 0 Å². The van der Waals surface area contributed by atoms with Gasteiger partial charge in [0.1, 0.15) is 0 Å². The molecule has 21 heavy (non-hydrogen) atoms. The van der Waals surface area contributed by atoms with Gasteiger partial charge in [-0.15, -0.1) is 0 Å². The Morgan fingerprint density at radius 2 is 2.33 bits per heavy atom. The molecule has 1 fully saturated rings. The summed E-state index contributed by atoms with van der Waals surface area (Å²) in [4.78, 5) is 24.1. The number of amides is 2. The molecule has 0 aliphatic carbocycles. The summed E-state index contributed by atoms with van der Waals surface area (Å²) >= 11 is 0. The molecule has 2 rings (SSSR count). The Morgan fingerprint density at radius 1 is 1.52 bits per heavy atom. The van der Waals surface area contributed by atoms with Gasteiger partial charge in [-0.3, -0.25) is 14.3 Å². The van der Waals surface area contributed by atoms with Crippen LogP contribution in [0.1, 0.15) is 17.8 Å². The number of nitrogens with zero attached hydrogens (tertiary/aromatic N) is 2. The molecular weight excluding hydrogens is 270 g/mol. The van der Waals surface area contributed by atoms with E-state index in [1.807, 2.05) is 24.6 Å². The molecule has 1 aliphatic rings. The number of quaternary nitrogens is 1. The van der Waals surface area contributed by atoms with Gasteiger partial charge in [-0.1, -0.05) is 0 Å². The van der Waals surface area contributed by atoms with E-state index in [-0.39, 0.29) is 11.8 Å². The van der Waals surface area contributed by atoms with Crippen LogP contribution >= 0.6 is 0 Å². The van der Waals surface area contributed by atoms with Crippen molar-refractivity contribution in [1.82, 2.24) is 20.4 Å². The smallest absolute Gasteiger partial charge is 0.275 e.